The topological polar surface area (TPSA) is 24.1 Å². The van der Waals surface area contributed by atoms with E-state index in [0.717, 1.165) is 0 Å². The molecule has 0 saturated carbocycles. The molecule has 2 atom stereocenters. The predicted octanol–water partition coefficient (Wildman–Crippen LogP) is 3.78. The van der Waals surface area contributed by atoms with Gasteiger partial charge in [-0.05, 0) is 44.2 Å². The Morgan fingerprint density at radius 1 is 1.21 bits per heavy atom. The van der Waals surface area contributed by atoms with Gasteiger partial charge < -0.3 is 10.6 Å². The molecule has 0 bridgehead atoms. The average molecular weight is 254 g/mol. The molecule has 3 rings (SSSR count). The largest absolute Gasteiger partial charge is 0.382 e. The molecular weight excluding hydrogens is 232 g/mol. The zero-order valence-corrected chi connectivity index (χ0v) is 11.5. The first kappa shape index (κ1) is 12.5. The van der Waals surface area contributed by atoms with E-state index in [0.29, 0.717) is 12.1 Å². The minimum absolute atomic E-state index is 0.501. The fourth-order valence-electron chi connectivity index (χ4n) is 3.06. The molecule has 2 nitrogen and oxygen atoms in total. The number of nitrogens with one attached hydrogen (secondary N) is 2. The van der Waals surface area contributed by atoms with Crippen LogP contribution in [-0.2, 0) is 0 Å². The molecule has 0 amide bonds. The van der Waals surface area contributed by atoms with E-state index in [-0.39, 0.29) is 0 Å². The summed E-state index contributed by atoms with van der Waals surface area (Å²) in [5.41, 5.74) is 1.25. The van der Waals surface area contributed by atoms with E-state index in [9.17, 15) is 0 Å². The SMILES string of the molecule is CC(CC1CCCN1)Nc1cccc2ccccc12. The van der Waals surface area contributed by atoms with Crippen LogP contribution in [0.4, 0.5) is 5.69 Å². The quantitative estimate of drug-likeness (QED) is 0.867. The lowest BCUT2D eigenvalue weighted by atomic mass is 10.0. The first-order chi connectivity index (χ1) is 9.33. The number of hydrogen-bond acceptors (Lipinski definition) is 2. The highest BCUT2D eigenvalue weighted by Gasteiger charge is 2.17. The third-order valence-corrected chi connectivity index (χ3v) is 3.99. The fraction of sp³-hybridized carbons (Fsp3) is 0.412. The molecule has 0 aromatic heterocycles. The summed E-state index contributed by atoms with van der Waals surface area (Å²) in [7, 11) is 0. The Morgan fingerprint density at radius 2 is 2.05 bits per heavy atom. The van der Waals surface area contributed by atoms with E-state index in [1.54, 1.807) is 0 Å². The molecule has 1 aliphatic rings. The molecule has 2 heteroatoms. The van der Waals surface area contributed by atoms with Crippen LogP contribution in [0, 0.1) is 0 Å². The van der Waals surface area contributed by atoms with Crippen LogP contribution in [0.2, 0.25) is 0 Å². The maximum absolute atomic E-state index is 3.67. The second-order valence-corrected chi connectivity index (χ2v) is 5.60. The number of rotatable bonds is 4. The van der Waals surface area contributed by atoms with Crippen LogP contribution in [0.15, 0.2) is 42.5 Å². The molecule has 0 aliphatic carbocycles. The van der Waals surface area contributed by atoms with Gasteiger partial charge in [-0.15, -0.1) is 0 Å². The number of anilines is 1. The van der Waals surface area contributed by atoms with Crippen LogP contribution in [0.5, 0.6) is 0 Å². The molecule has 1 heterocycles. The van der Waals surface area contributed by atoms with E-state index in [4.69, 9.17) is 0 Å². The molecule has 1 aliphatic heterocycles. The lowest BCUT2D eigenvalue weighted by molar-refractivity contribution is 0.523. The summed E-state index contributed by atoms with van der Waals surface area (Å²) in [4.78, 5) is 0. The lowest BCUT2D eigenvalue weighted by Crippen LogP contribution is -2.29. The molecule has 2 N–H and O–H groups in total. The van der Waals surface area contributed by atoms with Crippen LogP contribution in [0.3, 0.4) is 0 Å². The van der Waals surface area contributed by atoms with Crippen molar-refractivity contribution in [2.24, 2.45) is 0 Å². The molecule has 2 aromatic rings. The number of benzene rings is 2. The Bertz CT molecular complexity index is 538. The van der Waals surface area contributed by atoms with Crippen molar-refractivity contribution in [3.05, 3.63) is 42.5 Å². The third kappa shape index (κ3) is 2.90. The molecule has 1 fully saturated rings. The summed E-state index contributed by atoms with van der Waals surface area (Å²) in [5.74, 6) is 0. The zero-order chi connectivity index (χ0) is 13.1. The zero-order valence-electron chi connectivity index (χ0n) is 11.5. The van der Waals surface area contributed by atoms with Crippen molar-refractivity contribution in [3.8, 4) is 0 Å². The first-order valence-corrected chi connectivity index (χ1v) is 7.30. The molecule has 1 saturated heterocycles. The molecule has 0 spiro atoms. The van der Waals surface area contributed by atoms with Gasteiger partial charge in [0.15, 0.2) is 0 Å². The van der Waals surface area contributed by atoms with Crippen molar-refractivity contribution in [3.63, 3.8) is 0 Å². The van der Waals surface area contributed by atoms with Gasteiger partial charge in [-0.25, -0.2) is 0 Å². The Morgan fingerprint density at radius 3 is 2.89 bits per heavy atom. The van der Waals surface area contributed by atoms with Gasteiger partial charge in [0.1, 0.15) is 0 Å². The Balaban J connectivity index is 1.73. The molecule has 0 radical (unpaired) electrons. The highest BCUT2D eigenvalue weighted by molar-refractivity contribution is 5.93. The monoisotopic (exact) mass is 254 g/mol. The highest BCUT2D eigenvalue weighted by atomic mass is 15.0. The van der Waals surface area contributed by atoms with E-state index in [2.05, 4.69) is 60.0 Å². The van der Waals surface area contributed by atoms with E-state index in [1.165, 1.54) is 42.3 Å². The molecule has 19 heavy (non-hydrogen) atoms. The van der Waals surface area contributed by atoms with Crippen molar-refractivity contribution < 1.29 is 0 Å². The highest BCUT2D eigenvalue weighted by Crippen LogP contribution is 2.24. The van der Waals surface area contributed by atoms with Crippen molar-refractivity contribution >= 4 is 16.5 Å². The van der Waals surface area contributed by atoms with Gasteiger partial charge in [0, 0.05) is 23.2 Å². The summed E-state index contributed by atoms with van der Waals surface area (Å²) < 4.78 is 0. The van der Waals surface area contributed by atoms with Gasteiger partial charge in [0.05, 0.1) is 0 Å². The number of hydrogen-bond donors (Lipinski definition) is 2. The minimum atomic E-state index is 0.501. The normalized spacial score (nSPS) is 20.6. The van der Waals surface area contributed by atoms with Gasteiger partial charge in [0.2, 0.25) is 0 Å². The molecule has 100 valence electrons. The summed E-state index contributed by atoms with van der Waals surface area (Å²) in [6.07, 6.45) is 3.84. The van der Waals surface area contributed by atoms with Crippen LogP contribution in [0.1, 0.15) is 26.2 Å². The summed E-state index contributed by atoms with van der Waals surface area (Å²) >= 11 is 0. The minimum Gasteiger partial charge on any atom is -0.382 e. The summed E-state index contributed by atoms with van der Waals surface area (Å²) in [6, 6.07) is 16.2. The molecular formula is C17H22N2. The second-order valence-electron chi connectivity index (χ2n) is 5.60. The van der Waals surface area contributed by atoms with Crippen molar-refractivity contribution in [2.75, 3.05) is 11.9 Å². The van der Waals surface area contributed by atoms with E-state index < -0.39 is 0 Å². The Labute approximate surface area is 115 Å². The van der Waals surface area contributed by atoms with Gasteiger partial charge in [-0.2, -0.15) is 0 Å². The van der Waals surface area contributed by atoms with Gasteiger partial charge in [-0.3, -0.25) is 0 Å². The molecule has 2 unspecified atom stereocenters. The summed E-state index contributed by atoms with van der Waals surface area (Å²) in [5, 5.41) is 9.86. The Hall–Kier alpha value is -1.54. The number of fused-ring (bicyclic) bond motifs is 1. The lowest BCUT2D eigenvalue weighted by Gasteiger charge is -2.20. The van der Waals surface area contributed by atoms with Crippen molar-refractivity contribution in [2.45, 2.75) is 38.3 Å². The van der Waals surface area contributed by atoms with E-state index >= 15 is 0 Å². The average Bonchev–Trinajstić information content (AvgIpc) is 2.92. The van der Waals surface area contributed by atoms with Crippen molar-refractivity contribution in [1.82, 2.24) is 5.32 Å². The van der Waals surface area contributed by atoms with Gasteiger partial charge in [-0.1, -0.05) is 36.4 Å². The van der Waals surface area contributed by atoms with Crippen molar-refractivity contribution in [1.29, 1.82) is 0 Å². The first-order valence-electron chi connectivity index (χ1n) is 7.30. The third-order valence-electron chi connectivity index (χ3n) is 3.99. The molecule has 2 aromatic carbocycles. The van der Waals surface area contributed by atoms with Crippen LogP contribution in [-0.4, -0.2) is 18.6 Å². The maximum atomic E-state index is 3.67. The maximum Gasteiger partial charge on any atom is 0.0421 e. The standard InChI is InChI=1S/C17H22N2/c1-13(12-15-8-5-11-18-15)19-17-10-4-7-14-6-2-3-9-16(14)17/h2-4,6-7,9-10,13,15,18-19H,5,8,11-12H2,1H3. The Kier molecular flexibility index (Phi) is 3.69. The summed E-state index contributed by atoms with van der Waals surface area (Å²) in [6.45, 7) is 3.47. The van der Waals surface area contributed by atoms with Gasteiger partial charge in [0.25, 0.3) is 0 Å². The fourth-order valence-corrected chi connectivity index (χ4v) is 3.06. The smallest absolute Gasteiger partial charge is 0.0421 e. The second kappa shape index (κ2) is 5.62. The predicted molar refractivity (Wildman–Crippen MR) is 82.7 cm³/mol. The van der Waals surface area contributed by atoms with E-state index in [1.807, 2.05) is 0 Å². The van der Waals surface area contributed by atoms with Crippen LogP contribution in [0.25, 0.3) is 10.8 Å². The van der Waals surface area contributed by atoms with Crippen LogP contribution < -0.4 is 10.6 Å². The van der Waals surface area contributed by atoms with Gasteiger partial charge >= 0.3 is 0 Å². The van der Waals surface area contributed by atoms with Crippen LogP contribution >= 0.6 is 0 Å².